The van der Waals surface area contributed by atoms with Crippen LogP contribution in [0.4, 0.5) is 5.82 Å². The Labute approximate surface area is 171 Å². The van der Waals surface area contributed by atoms with Gasteiger partial charge >= 0.3 is 0 Å². The van der Waals surface area contributed by atoms with Gasteiger partial charge in [0.25, 0.3) is 0 Å². The summed E-state index contributed by atoms with van der Waals surface area (Å²) >= 11 is 0. The van der Waals surface area contributed by atoms with Crippen molar-refractivity contribution in [2.45, 2.75) is 59.4 Å². The molecule has 1 saturated carbocycles. The summed E-state index contributed by atoms with van der Waals surface area (Å²) in [6.45, 7) is 11.6. The molecule has 1 aromatic heterocycles. The fourth-order valence-corrected chi connectivity index (χ4v) is 3.99. The summed E-state index contributed by atoms with van der Waals surface area (Å²) in [6.07, 6.45) is 8.26. The molecule has 0 saturated heterocycles. The fourth-order valence-electron chi connectivity index (χ4n) is 3.99. The van der Waals surface area contributed by atoms with Gasteiger partial charge in [-0.05, 0) is 57.1 Å². The minimum atomic E-state index is 0.346. The molecule has 0 atom stereocenters. The van der Waals surface area contributed by atoms with E-state index < -0.39 is 0 Å². The molecule has 0 amide bonds. The van der Waals surface area contributed by atoms with Crippen molar-refractivity contribution in [3.63, 3.8) is 0 Å². The molecule has 1 aromatic rings. The summed E-state index contributed by atoms with van der Waals surface area (Å²) in [4.78, 5) is 11.6. The highest BCUT2D eigenvalue weighted by molar-refractivity contribution is 5.79. The lowest BCUT2D eigenvalue weighted by atomic mass is 9.83. The molecule has 0 aliphatic heterocycles. The van der Waals surface area contributed by atoms with Gasteiger partial charge in [0.15, 0.2) is 5.96 Å². The van der Waals surface area contributed by atoms with Gasteiger partial charge in [-0.1, -0.05) is 18.9 Å². The van der Waals surface area contributed by atoms with Crippen molar-refractivity contribution in [3.8, 4) is 0 Å². The van der Waals surface area contributed by atoms with E-state index in [1.807, 2.05) is 6.20 Å². The van der Waals surface area contributed by atoms with E-state index in [0.29, 0.717) is 12.0 Å². The van der Waals surface area contributed by atoms with Crippen molar-refractivity contribution in [3.05, 3.63) is 23.9 Å². The summed E-state index contributed by atoms with van der Waals surface area (Å²) in [5.41, 5.74) is 1.47. The third-order valence-electron chi connectivity index (χ3n) is 5.79. The lowest BCUT2D eigenvalue weighted by molar-refractivity contribution is 0.138. The van der Waals surface area contributed by atoms with Gasteiger partial charge in [0.05, 0.1) is 6.54 Å². The van der Waals surface area contributed by atoms with Crippen LogP contribution in [0.15, 0.2) is 23.3 Å². The van der Waals surface area contributed by atoms with Crippen molar-refractivity contribution >= 4 is 11.8 Å². The van der Waals surface area contributed by atoms with E-state index in [4.69, 9.17) is 9.73 Å². The zero-order valence-corrected chi connectivity index (χ0v) is 18.3. The topological polar surface area (TPSA) is 61.8 Å². The quantitative estimate of drug-likeness (QED) is 0.447. The van der Waals surface area contributed by atoms with Crippen LogP contribution in [0.3, 0.4) is 0 Å². The SMILES string of the molecule is CCNC(=NCc1ccc(N(CC)CC)nc1)NCC1(CCOC)CCCC1. The molecule has 6 heteroatoms. The maximum absolute atomic E-state index is 5.35. The number of anilines is 1. The van der Waals surface area contributed by atoms with Gasteiger partial charge in [-0.3, -0.25) is 0 Å². The first-order chi connectivity index (χ1) is 13.7. The lowest BCUT2D eigenvalue weighted by Gasteiger charge is -2.30. The molecular formula is C22H39N5O. The summed E-state index contributed by atoms with van der Waals surface area (Å²) in [5, 5.41) is 6.96. The van der Waals surface area contributed by atoms with Crippen LogP contribution in [0, 0.1) is 5.41 Å². The monoisotopic (exact) mass is 389 g/mol. The Bertz CT molecular complexity index is 577. The number of ether oxygens (including phenoxy) is 1. The van der Waals surface area contributed by atoms with Crippen molar-refractivity contribution in [2.75, 3.05) is 44.8 Å². The molecule has 6 nitrogen and oxygen atoms in total. The van der Waals surface area contributed by atoms with Gasteiger partial charge in [0.1, 0.15) is 5.82 Å². The molecule has 0 spiro atoms. The van der Waals surface area contributed by atoms with E-state index in [1.165, 1.54) is 25.7 Å². The highest BCUT2D eigenvalue weighted by atomic mass is 16.5. The highest BCUT2D eigenvalue weighted by Crippen LogP contribution is 2.40. The zero-order valence-electron chi connectivity index (χ0n) is 18.3. The standard InChI is InChI=1S/C22H39N5O/c1-5-23-21(26-18-22(14-15-28-4)12-8-9-13-22)25-17-19-10-11-20(24-16-19)27(6-2)7-3/h10-11,16H,5-9,12-15,17-18H2,1-4H3,(H2,23,25,26). The van der Waals surface area contributed by atoms with E-state index in [9.17, 15) is 0 Å². The Balaban J connectivity index is 1.95. The average molecular weight is 390 g/mol. The van der Waals surface area contributed by atoms with Gasteiger partial charge in [0, 0.05) is 46.1 Å². The maximum atomic E-state index is 5.35. The minimum Gasteiger partial charge on any atom is -0.385 e. The smallest absolute Gasteiger partial charge is 0.191 e. The number of rotatable bonds is 11. The van der Waals surface area contributed by atoms with Gasteiger partial charge in [-0.2, -0.15) is 0 Å². The highest BCUT2D eigenvalue weighted by Gasteiger charge is 2.33. The van der Waals surface area contributed by atoms with Crippen LogP contribution in [-0.4, -0.2) is 50.8 Å². The molecule has 1 aliphatic carbocycles. The first-order valence-corrected chi connectivity index (χ1v) is 10.9. The average Bonchev–Trinajstić information content (AvgIpc) is 3.19. The van der Waals surface area contributed by atoms with Crippen LogP contribution in [-0.2, 0) is 11.3 Å². The van der Waals surface area contributed by atoms with Crippen LogP contribution in [0.25, 0.3) is 0 Å². The molecule has 28 heavy (non-hydrogen) atoms. The number of aliphatic imine (C=N–C) groups is 1. The summed E-state index contributed by atoms with van der Waals surface area (Å²) < 4.78 is 5.35. The second kappa shape index (κ2) is 11.9. The van der Waals surface area contributed by atoms with Gasteiger partial charge < -0.3 is 20.3 Å². The number of guanidine groups is 1. The molecular weight excluding hydrogens is 350 g/mol. The van der Waals surface area contributed by atoms with Gasteiger partial charge in [-0.15, -0.1) is 0 Å². The fraction of sp³-hybridized carbons (Fsp3) is 0.727. The summed E-state index contributed by atoms with van der Waals surface area (Å²) in [7, 11) is 1.79. The third-order valence-corrected chi connectivity index (χ3v) is 5.79. The van der Waals surface area contributed by atoms with Crippen LogP contribution >= 0.6 is 0 Å². The number of nitrogens with zero attached hydrogens (tertiary/aromatic N) is 3. The largest absolute Gasteiger partial charge is 0.385 e. The first kappa shape index (κ1) is 22.5. The molecule has 1 aliphatic rings. The maximum Gasteiger partial charge on any atom is 0.191 e. The number of hydrogen-bond acceptors (Lipinski definition) is 4. The van der Waals surface area contributed by atoms with Crippen molar-refractivity contribution < 1.29 is 4.74 Å². The van der Waals surface area contributed by atoms with Crippen molar-refractivity contribution in [1.82, 2.24) is 15.6 Å². The number of pyridine rings is 1. The number of methoxy groups -OCH3 is 1. The third kappa shape index (κ3) is 6.66. The normalized spacial score (nSPS) is 16.2. The zero-order chi connectivity index (χ0) is 20.2. The van der Waals surface area contributed by atoms with Crippen LogP contribution in [0.5, 0.6) is 0 Å². The van der Waals surface area contributed by atoms with Crippen molar-refractivity contribution in [2.24, 2.45) is 10.4 Å². The number of aromatic nitrogens is 1. The van der Waals surface area contributed by atoms with Crippen LogP contribution in [0.2, 0.25) is 0 Å². The predicted molar refractivity (Wildman–Crippen MR) is 118 cm³/mol. The Hall–Kier alpha value is -1.82. The molecule has 158 valence electrons. The van der Waals surface area contributed by atoms with E-state index in [-0.39, 0.29) is 0 Å². The van der Waals surface area contributed by atoms with E-state index >= 15 is 0 Å². The van der Waals surface area contributed by atoms with Crippen molar-refractivity contribution in [1.29, 1.82) is 0 Å². The predicted octanol–water partition coefficient (Wildman–Crippen LogP) is 3.58. The Kier molecular flexibility index (Phi) is 9.55. The molecule has 2 rings (SSSR count). The van der Waals surface area contributed by atoms with Gasteiger partial charge in [-0.25, -0.2) is 9.98 Å². The molecule has 0 unspecified atom stereocenters. The molecule has 2 N–H and O–H groups in total. The van der Waals surface area contributed by atoms with Crippen LogP contribution < -0.4 is 15.5 Å². The summed E-state index contributed by atoms with van der Waals surface area (Å²) in [5.74, 6) is 1.92. The van der Waals surface area contributed by atoms with Crippen LogP contribution in [0.1, 0.15) is 58.4 Å². The molecule has 0 radical (unpaired) electrons. The Morgan fingerprint density at radius 1 is 1.18 bits per heavy atom. The molecule has 0 bridgehead atoms. The lowest BCUT2D eigenvalue weighted by Crippen LogP contribution is -2.43. The van der Waals surface area contributed by atoms with E-state index in [0.717, 1.165) is 56.5 Å². The van der Waals surface area contributed by atoms with Gasteiger partial charge in [0.2, 0.25) is 0 Å². The Morgan fingerprint density at radius 2 is 1.93 bits per heavy atom. The Morgan fingerprint density at radius 3 is 2.50 bits per heavy atom. The second-order valence-electron chi connectivity index (χ2n) is 7.70. The van der Waals surface area contributed by atoms with E-state index in [2.05, 4.69) is 53.4 Å². The van der Waals surface area contributed by atoms with E-state index in [1.54, 1.807) is 7.11 Å². The molecule has 1 heterocycles. The number of nitrogens with one attached hydrogen (secondary N) is 2. The molecule has 0 aromatic carbocycles. The first-order valence-electron chi connectivity index (χ1n) is 10.9. The number of hydrogen-bond donors (Lipinski definition) is 2. The minimum absolute atomic E-state index is 0.346. The second-order valence-corrected chi connectivity index (χ2v) is 7.70. The summed E-state index contributed by atoms with van der Waals surface area (Å²) in [6, 6.07) is 4.22. The molecule has 1 fully saturated rings.